The highest BCUT2D eigenvalue weighted by Gasteiger charge is 2.29. The number of hydrogen-bond acceptors (Lipinski definition) is 4. The summed E-state index contributed by atoms with van der Waals surface area (Å²) >= 11 is 0. The van der Waals surface area contributed by atoms with Crippen molar-refractivity contribution in [3.05, 3.63) is 33.9 Å². The van der Waals surface area contributed by atoms with E-state index < -0.39 is 0 Å². The number of aryl methyl sites for hydroxylation is 1. The SMILES string of the molecule is Cc1nc2cc[nH]n2c(=O)c1CC(=O)N1CCNC(C)C1C. The smallest absolute Gasteiger partial charge is 0.276 e. The summed E-state index contributed by atoms with van der Waals surface area (Å²) in [6.07, 6.45) is 1.76. The maximum Gasteiger partial charge on any atom is 0.276 e. The molecular formula is C15H21N5O2. The Balaban J connectivity index is 1.89. The minimum Gasteiger partial charge on any atom is -0.337 e. The molecule has 0 saturated carbocycles. The van der Waals surface area contributed by atoms with E-state index >= 15 is 0 Å². The van der Waals surface area contributed by atoms with E-state index in [-0.39, 0.29) is 30.0 Å². The highest BCUT2D eigenvalue weighted by atomic mass is 16.2. The summed E-state index contributed by atoms with van der Waals surface area (Å²) in [5.74, 6) is -0.0191. The Morgan fingerprint density at radius 2 is 2.23 bits per heavy atom. The monoisotopic (exact) mass is 303 g/mol. The Bertz CT molecular complexity index is 763. The summed E-state index contributed by atoms with van der Waals surface area (Å²) in [6, 6.07) is 2.11. The van der Waals surface area contributed by atoms with Crippen molar-refractivity contribution < 1.29 is 4.79 Å². The highest BCUT2D eigenvalue weighted by Crippen LogP contribution is 2.12. The third-order valence-corrected chi connectivity index (χ3v) is 4.53. The molecule has 0 aliphatic carbocycles. The first-order chi connectivity index (χ1) is 10.5. The number of nitrogens with zero attached hydrogens (tertiary/aromatic N) is 3. The van der Waals surface area contributed by atoms with Crippen LogP contribution in [0.4, 0.5) is 0 Å². The first-order valence-electron chi connectivity index (χ1n) is 7.57. The van der Waals surface area contributed by atoms with Gasteiger partial charge in [-0.05, 0) is 20.8 Å². The number of hydrogen-bond donors (Lipinski definition) is 2. The molecule has 1 amide bonds. The van der Waals surface area contributed by atoms with Crippen LogP contribution in [-0.2, 0) is 11.2 Å². The maximum atomic E-state index is 12.6. The fourth-order valence-corrected chi connectivity index (χ4v) is 2.97. The molecule has 0 bridgehead atoms. The van der Waals surface area contributed by atoms with E-state index in [4.69, 9.17) is 0 Å². The zero-order chi connectivity index (χ0) is 15.9. The number of carbonyl (C=O) groups excluding carboxylic acids is 1. The van der Waals surface area contributed by atoms with E-state index in [1.807, 2.05) is 11.8 Å². The zero-order valence-corrected chi connectivity index (χ0v) is 13.1. The molecule has 3 rings (SSSR count). The van der Waals surface area contributed by atoms with Crippen molar-refractivity contribution in [1.29, 1.82) is 0 Å². The maximum absolute atomic E-state index is 12.6. The number of rotatable bonds is 2. The van der Waals surface area contributed by atoms with Gasteiger partial charge in [-0.1, -0.05) is 0 Å². The molecule has 22 heavy (non-hydrogen) atoms. The minimum absolute atomic E-state index is 0.0191. The molecule has 1 fully saturated rings. The van der Waals surface area contributed by atoms with Crippen LogP contribution in [0.15, 0.2) is 17.1 Å². The predicted molar refractivity (Wildman–Crippen MR) is 82.9 cm³/mol. The van der Waals surface area contributed by atoms with Gasteiger partial charge in [-0.15, -0.1) is 0 Å². The van der Waals surface area contributed by atoms with Crippen LogP contribution in [0.2, 0.25) is 0 Å². The van der Waals surface area contributed by atoms with Crippen LogP contribution in [0, 0.1) is 6.92 Å². The van der Waals surface area contributed by atoms with Crippen molar-refractivity contribution in [3.8, 4) is 0 Å². The quantitative estimate of drug-likeness (QED) is 0.823. The molecule has 7 nitrogen and oxygen atoms in total. The largest absolute Gasteiger partial charge is 0.337 e. The molecule has 1 aliphatic rings. The van der Waals surface area contributed by atoms with Crippen LogP contribution in [0.1, 0.15) is 25.1 Å². The lowest BCUT2D eigenvalue weighted by Crippen LogP contribution is -2.57. The molecule has 0 aromatic carbocycles. The van der Waals surface area contributed by atoms with Crippen molar-refractivity contribution in [3.63, 3.8) is 0 Å². The second-order valence-corrected chi connectivity index (χ2v) is 5.88. The summed E-state index contributed by atoms with van der Waals surface area (Å²) in [6.45, 7) is 7.32. The molecule has 2 N–H and O–H groups in total. The van der Waals surface area contributed by atoms with Gasteiger partial charge in [0, 0.05) is 48.7 Å². The van der Waals surface area contributed by atoms with E-state index in [2.05, 4.69) is 22.3 Å². The third kappa shape index (κ3) is 2.41. The number of piperazine rings is 1. The Morgan fingerprint density at radius 3 is 3.00 bits per heavy atom. The normalized spacial score (nSPS) is 22.2. The Labute approximate surface area is 128 Å². The Kier molecular flexibility index (Phi) is 3.74. The minimum atomic E-state index is -0.198. The van der Waals surface area contributed by atoms with Crippen molar-refractivity contribution in [2.24, 2.45) is 0 Å². The average Bonchev–Trinajstić information content (AvgIpc) is 2.94. The predicted octanol–water partition coefficient (Wildman–Crippen LogP) is 0.0823. The van der Waals surface area contributed by atoms with Crippen LogP contribution in [0.3, 0.4) is 0 Å². The van der Waals surface area contributed by atoms with E-state index in [0.717, 1.165) is 6.54 Å². The van der Waals surface area contributed by atoms with Crippen molar-refractivity contribution in [2.45, 2.75) is 39.3 Å². The topological polar surface area (TPSA) is 82.5 Å². The standard InChI is InChI=1S/C15H21N5O2/c1-9-11(3)19(7-6-16-9)14(21)8-12-10(2)18-13-4-5-17-20(13)15(12)22/h4-5,9,11,16-17H,6-8H2,1-3H3. The van der Waals surface area contributed by atoms with Gasteiger partial charge >= 0.3 is 0 Å². The Morgan fingerprint density at radius 1 is 1.45 bits per heavy atom. The van der Waals surface area contributed by atoms with E-state index in [0.29, 0.717) is 23.4 Å². The second-order valence-electron chi connectivity index (χ2n) is 5.88. The van der Waals surface area contributed by atoms with Gasteiger partial charge in [0.25, 0.3) is 5.56 Å². The molecule has 3 heterocycles. The van der Waals surface area contributed by atoms with Crippen LogP contribution in [-0.4, -0.2) is 50.6 Å². The first kappa shape index (κ1) is 14.8. The molecule has 2 aromatic heterocycles. The van der Waals surface area contributed by atoms with Gasteiger partial charge in [0.15, 0.2) is 5.65 Å². The van der Waals surface area contributed by atoms with E-state index in [1.54, 1.807) is 19.2 Å². The fraction of sp³-hybridized carbons (Fsp3) is 0.533. The zero-order valence-electron chi connectivity index (χ0n) is 13.1. The van der Waals surface area contributed by atoms with Gasteiger partial charge in [-0.25, -0.2) is 9.50 Å². The van der Waals surface area contributed by atoms with Crippen molar-refractivity contribution in [2.75, 3.05) is 13.1 Å². The summed E-state index contributed by atoms with van der Waals surface area (Å²) in [4.78, 5) is 31.3. The number of aromatic amines is 1. The molecule has 2 atom stereocenters. The third-order valence-electron chi connectivity index (χ3n) is 4.53. The van der Waals surface area contributed by atoms with Crippen LogP contribution < -0.4 is 10.9 Å². The summed E-state index contributed by atoms with van der Waals surface area (Å²) in [5.41, 5.74) is 1.46. The summed E-state index contributed by atoms with van der Waals surface area (Å²) in [5, 5.41) is 6.18. The van der Waals surface area contributed by atoms with E-state index in [1.165, 1.54) is 4.52 Å². The number of aromatic nitrogens is 3. The summed E-state index contributed by atoms with van der Waals surface area (Å²) in [7, 11) is 0. The lowest BCUT2D eigenvalue weighted by molar-refractivity contribution is -0.134. The second kappa shape index (κ2) is 5.57. The lowest BCUT2D eigenvalue weighted by atomic mass is 10.1. The van der Waals surface area contributed by atoms with Gasteiger partial charge in [-0.3, -0.25) is 14.7 Å². The number of H-pyrrole nitrogens is 1. The van der Waals surface area contributed by atoms with Gasteiger partial charge in [0.2, 0.25) is 5.91 Å². The molecular weight excluding hydrogens is 282 g/mol. The molecule has 2 unspecified atom stereocenters. The number of amides is 1. The fourth-order valence-electron chi connectivity index (χ4n) is 2.97. The molecule has 1 aliphatic heterocycles. The van der Waals surface area contributed by atoms with Crippen LogP contribution in [0.5, 0.6) is 0 Å². The molecule has 1 saturated heterocycles. The van der Waals surface area contributed by atoms with Crippen molar-refractivity contribution >= 4 is 11.6 Å². The highest BCUT2D eigenvalue weighted by molar-refractivity contribution is 5.79. The number of nitrogens with one attached hydrogen (secondary N) is 2. The van der Waals surface area contributed by atoms with Gasteiger partial charge in [-0.2, -0.15) is 0 Å². The lowest BCUT2D eigenvalue weighted by Gasteiger charge is -2.38. The number of carbonyl (C=O) groups is 1. The van der Waals surface area contributed by atoms with Crippen LogP contribution >= 0.6 is 0 Å². The van der Waals surface area contributed by atoms with E-state index in [9.17, 15) is 9.59 Å². The molecule has 0 spiro atoms. The first-order valence-corrected chi connectivity index (χ1v) is 7.57. The number of fused-ring (bicyclic) bond motifs is 1. The summed E-state index contributed by atoms with van der Waals surface area (Å²) < 4.78 is 1.37. The molecule has 0 radical (unpaired) electrons. The molecule has 7 heteroatoms. The van der Waals surface area contributed by atoms with Gasteiger partial charge in [0.05, 0.1) is 6.42 Å². The van der Waals surface area contributed by atoms with Gasteiger partial charge in [0.1, 0.15) is 0 Å². The molecule has 2 aromatic rings. The Hall–Kier alpha value is -2.15. The van der Waals surface area contributed by atoms with Gasteiger partial charge < -0.3 is 10.2 Å². The average molecular weight is 303 g/mol. The van der Waals surface area contributed by atoms with Crippen LogP contribution in [0.25, 0.3) is 5.65 Å². The molecule has 118 valence electrons. The van der Waals surface area contributed by atoms with Crippen molar-refractivity contribution in [1.82, 2.24) is 24.8 Å².